The van der Waals surface area contributed by atoms with E-state index in [1.54, 1.807) is 27.7 Å². The lowest BCUT2D eigenvalue weighted by molar-refractivity contribution is -0.152. The number of nitrogens with one attached hydrogen (secondary N) is 1. The number of carbonyl (C=O) groups is 3. The van der Waals surface area contributed by atoms with Gasteiger partial charge in [0, 0.05) is 12.0 Å². The number of hydrogen-bond donors (Lipinski definition) is 2. The monoisotopic (exact) mass is 464 g/mol. The van der Waals surface area contributed by atoms with Crippen molar-refractivity contribution in [3.05, 3.63) is 59.7 Å². The molecule has 7 nitrogen and oxygen atoms in total. The van der Waals surface area contributed by atoms with Gasteiger partial charge in [-0.05, 0) is 62.8 Å². The highest BCUT2D eigenvalue weighted by molar-refractivity contribution is 5.88. The number of amides is 2. The van der Waals surface area contributed by atoms with Crippen molar-refractivity contribution in [3.8, 4) is 11.1 Å². The molecule has 0 unspecified atom stereocenters. The van der Waals surface area contributed by atoms with Gasteiger partial charge in [0.05, 0.1) is 11.0 Å². The predicted octanol–water partition coefficient (Wildman–Crippen LogP) is 4.41. The van der Waals surface area contributed by atoms with Gasteiger partial charge in [0.15, 0.2) is 0 Å². The van der Waals surface area contributed by atoms with E-state index < -0.39 is 23.0 Å². The highest BCUT2D eigenvalue weighted by Crippen LogP contribution is 2.44. The summed E-state index contributed by atoms with van der Waals surface area (Å²) in [6, 6.07) is 16.2. The number of carboxylic acids is 1. The number of alkyl carbamates (subject to hydrolysis) is 1. The van der Waals surface area contributed by atoms with Crippen LogP contribution in [0.2, 0.25) is 0 Å². The lowest BCUT2D eigenvalue weighted by atomic mass is 9.73. The molecule has 4 rings (SSSR count). The van der Waals surface area contributed by atoms with E-state index in [0.29, 0.717) is 0 Å². The number of ether oxygens (including phenoxy) is 1. The molecule has 0 aliphatic heterocycles. The van der Waals surface area contributed by atoms with Gasteiger partial charge < -0.3 is 20.1 Å². The summed E-state index contributed by atoms with van der Waals surface area (Å²) in [6.07, 6.45) is 0.994. The van der Waals surface area contributed by atoms with Crippen LogP contribution < -0.4 is 5.32 Å². The maximum atomic E-state index is 13.3. The van der Waals surface area contributed by atoms with E-state index in [9.17, 15) is 19.5 Å². The summed E-state index contributed by atoms with van der Waals surface area (Å²) in [5, 5.41) is 12.1. The largest absolute Gasteiger partial charge is 0.480 e. The molecule has 0 bridgehead atoms. The van der Waals surface area contributed by atoms with Gasteiger partial charge >= 0.3 is 12.1 Å². The van der Waals surface area contributed by atoms with Gasteiger partial charge in [-0.25, -0.2) is 4.79 Å². The summed E-state index contributed by atoms with van der Waals surface area (Å²) in [6.45, 7) is 6.83. The Balaban J connectivity index is 1.44. The second-order valence-electron chi connectivity index (χ2n) is 10.3. The van der Waals surface area contributed by atoms with Gasteiger partial charge in [-0.3, -0.25) is 9.59 Å². The molecular formula is C27H32N2O5. The smallest absolute Gasteiger partial charge is 0.407 e. The van der Waals surface area contributed by atoms with Crippen LogP contribution in [0.15, 0.2) is 48.5 Å². The quantitative estimate of drug-likeness (QED) is 0.604. The third-order valence-corrected chi connectivity index (χ3v) is 7.41. The lowest BCUT2D eigenvalue weighted by Gasteiger charge is -2.43. The van der Waals surface area contributed by atoms with Crippen molar-refractivity contribution >= 4 is 18.0 Å². The first-order valence-corrected chi connectivity index (χ1v) is 11.7. The topological polar surface area (TPSA) is 95.9 Å². The number of nitrogens with zero attached hydrogens (tertiary/aromatic N) is 1. The molecule has 180 valence electrons. The van der Waals surface area contributed by atoms with E-state index in [1.807, 2.05) is 24.3 Å². The Morgan fingerprint density at radius 3 is 2.00 bits per heavy atom. The lowest BCUT2D eigenvalue weighted by Crippen LogP contribution is -2.61. The number of carbonyl (C=O) groups excluding carboxylic acids is 2. The SMILES string of the molecule is CC(C)(NC(=O)OCC1c2ccccc2-c2ccccc21)C(C)(C)C(=O)N(CC(=O)O)C1CC1. The molecule has 0 spiro atoms. The molecule has 34 heavy (non-hydrogen) atoms. The fourth-order valence-electron chi connectivity index (χ4n) is 4.57. The normalized spacial score (nSPS) is 15.3. The van der Waals surface area contributed by atoms with Crippen LogP contribution in [0.25, 0.3) is 11.1 Å². The van der Waals surface area contributed by atoms with Gasteiger partial charge in [-0.1, -0.05) is 48.5 Å². The first kappa shape index (κ1) is 23.8. The standard InChI is InChI=1S/C27H32N2O5/c1-26(2,24(32)29(15-23(30)31)17-13-14-17)27(3,4)28-25(33)34-16-22-20-11-7-5-9-18(20)19-10-6-8-12-21(19)22/h5-12,17,22H,13-16H2,1-4H3,(H,28,33)(H,30,31). The molecule has 1 saturated carbocycles. The number of aliphatic carboxylic acids is 1. The zero-order valence-corrected chi connectivity index (χ0v) is 20.1. The van der Waals surface area contributed by atoms with Gasteiger partial charge in [-0.15, -0.1) is 0 Å². The van der Waals surface area contributed by atoms with Crippen LogP contribution in [0.4, 0.5) is 4.79 Å². The molecule has 0 atom stereocenters. The zero-order chi connectivity index (χ0) is 24.7. The third-order valence-electron chi connectivity index (χ3n) is 7.41. The summed E-state index contributed by atoms with van der Waals surface area (Å²) in [5.41, 5.74) is 2.53. The van der Waals surface area contributed by atoms with Crippen LogP contribution in [0.5, 0.6) is 0 Å². The summed E-state index contributed by atoms with van der Waals surface area (Å²) in [5.74, 6) is -1.39. The van der Waals surface area contributed by atoms with Crippen LogP contribution in [0, 0.1) is 5.41 Å². The third kappa shape index (κ3) is 4.39. The average molecular weight is 465 g/mol. The zero-order valence-electron chi connectivity index (χ0n) is 20.1. The molecule has 2 aliphatic rings. The van der Waals surface area contributed by atoms with Crippen molar-refractivity contribution in [3.63, 3.8) is 0 Å². The Bertz CT molecular complexity index is 1070. The molecule has 2 amide bonds. The highest BCUT2D eigenvalue weighted by Gasteiger charge is 2.49. The maximum Gasteiger partial charge on any atom is 0.407 e. The van der Waals surface area contributed by atoms with Gasteiger partial charge in [0.2, 0.25) is 5.91 Å². The van der Waals surface area contributed by atoms with Crippen molar-refractivity contribution in [1.29, 1.82) is 0 Å². The molecular weight excluding hydrogens is 432 g/mol. The molecule has 0 radical (unpaired) electrons. The Morgan fingerprint density at radius 1 is 0.971 bits per heavy atom. The minimum absolute atomic E-state index is 0.0480. The number of rotatable bonds is 8. The fourth-order valence-corrected chi connectivity index (χ4v) is 4.57. The van der Waals surface area contributed by atoms with Crippen LogP contribution in [0.3, 0.4) is 0 Å². The minimum Gasteiger partial charge on any atom is -0.480 e. The van der Waals surface area contributed by atoms with Crippen LogP contribution >= 0.6 is 0 Å². The number of fused-ring (bicyclic) bond motifs is 3. The Kier molecular flexibility index (Phi) is 6.14. The molecule has 0 saturated heterocycles. The molecule has 0 aromatic heterocycles. The molecule has 2 N–H and O–H groups in total. The van der Waals surface area contributed by atoms with Gasteiger partial charge in [0.25, 0.3) is 0 Å². The average Bonchev–Trinajstić information content (AvgIpc) is 3.57. The van der Waals surface area contributed by atoms with Crippen molar-refractivity contribution < 1.29 is 24.2 Å². The van der Waals surface area contributed by atoms with Gasteiger partial charge in [0.1, 0.15) is 13.2 Å². The minimum atomic E-state index is -1.05. The second-order valence-corrected chi connectivity index (χ2v) is 10.3. The first-order chi connectivity index (χ1) is 16.0. The maximum absolute atomic E-state index is 13.3. The van der Waals surface area contributed by atoms with Crippen molar-refractivity contribution in [2.75, 3.05) is 13.2 Å². The molecule has 1 fully saturated rings. The Labute approximate surface area is 200 Å². The number of hydrogen-bond acceptors (Lipinski definition) is 4. The van der Waals surface area contributed by atoms with Crippen LogP contribution in [0.1, 0.15) is 57.6 Å². The molecule has 2 aromatic rings. The molecule has 7 heteroatoms. The number of carboxylic acid groups (broad SMARTS) is 1. The first-order valence-electron chi connectivity index (χ1n) is 11.7. The van der Waals surface area contributed by atoms with Crippen LogP contribution in [-0.2, 0) is 14.3 Å². The summed E-state index contributed by atoms with van der Waals surface area (Å²) < 4.78 is 5.67. The van der Waals surface area contributed by atoms with Crippen molar-refractivity contribution in [2.24, 2.45) is 5.41 Å². The van der Waals surface area contributed by atoms with E-state index in [1.165, 1.54) is 4.90 Å². The molecule has 0 heterocycles. The summed E-state index contributed by atoms with van der Waals surface area (Å²) >= 11 is 0. The Hall–Kier alpha value is -3.35. The van der Waals surface area contributed by atoms with E-state index in [0.717, 1.165) is 35.1 Å². The van der Waals surface area contributed by atoms with Crippen molar-refractivity contribution in [2.45, 2.75) is 58.0 Å². The summed E-state index contributed by atoms with van der Waals surface area (Å²) in [7, 11) is 0. The highest BCUT2D eigenvalue weighted by atomic mass is 16.5. The fraction of sp³-hybridized carbons (Fsp3) is 0.444. The van der Waals surface area contributed by atoms with E-state index >= 15 is 0 Å². The van der Waals surface area contributed by atoms with Crippen LogP contribution in [-0.4, -0.2) is 52.7 Å². The number of benzene rings is 2. The van der Waals surface area contributed by atoms with Gasteiger partial charge in [-0.2, -0.15) is 0 Å². The molecule has 2 aliphatic carbocycles. The van der Waals surface area contributed by atoms with E-state index in [2.05, 4.69) is 29.6 Å². The summed E-state index contributed by atoms with van der Waals surface area (Å²) in [4.78, 5) is 38.9. The van der Waals surface area contributed by atoms with Crippen molar-refractivity contribution in [1.82, 2.24) is 10.2 Å². The second kappa shape index (κ2) is 8.78. The molecule has 2 aromatic carbocycles. The van der Waals surface area contributed by atoms with E-state index in [-0.39, 0.29) is 31.0 Å². The van der Waals surface area contributed by atoms with E-state index in [4.69, 9.17) is 4.74 Å². The predicted molar refractivity (Wildman–Crippen MR) is 128 cm³/mol. The Morgan fingerprint density at radius 2 is 1.50 bits per heavy atom.